The highest BCUT2D eigenvalue weighted by Gasteiger charge is 1.91. The van der Waals surface area contributed by atoms with Crippen molar-refractivity contribution in [3.63, 3.8) is 0 Å². The number of nitrogens with one attached hydrogen (secondary N) is 1. The minimum Gasteiger partial charge on any atom is -0.378 e. The van der Waals surface area contributed by atoms with Gasteiger partial charge in [-0.1, -0.05) is 24.4 Å². The number of nitrogens with zero attached hydrogens (tertiary/aromatic N) is 1. The van der Waals surface area contributed by atoms with E-state index in [1.807, 2.05) is 12.1 Å². The van der Waals surface area contributed by atoms with Crippen molar-refractivity contribution < 1.29 is 0 Å². The van der Waals surface area contributed by atoms with Gasteiger partial charge >= 0.3 is 0 Å². The average molecular weight is 176 g/mol. The number of hydrogen-bond donors (Lipinski definition) is 1. The Morgan fingerprint density at radius 3 is 2.58 bits per heavy atom. The predicted octanol–water partition coefficient (Wildman–Crippen LogP) is 1.61. The second kappa shape index (κ2) is 4.47. The van der Waals surface area contributed by atoms with Crippen LogP contribution in [0.15, 0.2) is 24.3 Å². The van der Waals surface area contributed by atoms with Gasteiger partial charge in [0.1, 0.15) is 0 Å². The lowest BCUT2D eigenvalue weighted by Gasteiger charge is -1.98. The van der Waals surface area contributed by atoms with Crippen molar-refractivity contribution in [2.24, 2.45) is 0 Å². The molecule has 0 aliphatic carbocycles. The van der Waals surface area contributed by atoms with E-state index in [1.165, 1.54) is 5.49 Å². The van der Waals surface area contributed by atoms with Crippen LogP contribution in [0.4, 0.5) is 0 Å². The molecule has 0 radical (unpaired) electrons. The Kier molecular flexibility index (Phi) is 3.24. The van der Waals surface area contributed by atoms with Gasteiger partial charge in [0.15, 0.2) is 0 Å². The fourth-order valence-electron chi connectivity index (χ4n) is 0.857. The molecule has 0 amide bonds. The predicted molar refractivity (Wildman–Crippen MR) is 51.7 cm³/mol. The summed E-state index contributed by atoms with van der Waals surface area (Å²) in [5, 5.41) is 11.4. The van der Waals surface area contributed by atoms with E-state index < -0.39 is 0 Å². The maximum absolute atomic E-state index is 8.52. The van der Waals surface area contributed by atoms with Crippen LogP contribution in [0.5, 0.6) is 0 Å². The highest BCUT2D eigenvalue weighted by molar-refractivity contribution is 7.78. The number of benzene rings is 1. The number of rotatable bonds is 3. The lowest BCUT2D eigenvalue weighted by atomic mass is 10.1. The van der Waals surface area contributed by atoms with Gasteiger partial charge in [-0.3, -0.25) is 0 Å². The molecule has 1 rings (SSSR count). The largest absolute Gasteiger partial charge is 0.378 e. The molecule has 1 N–H and O–H groups in total. The van der Waals surface area contributed by atoms with Gasteiger partial charge in [-0.2, -0.15) is 5.26 Å². The lowest BCUT2D eigenvalue weighted by Crippen LogP contribution is -2.08. The normalized spacial score (nSPS) is 8.58. The highest BCUT2D eigenvalue weighted by atomic mass is 32.1. The Hall–Kier alpha value is -1.40. The summed E-state index contributed by atoms with van der Waals surface area (Å²) in [7, 11) is 0. The monoisotopic (exact) mass is 176 g/mol. The smallest absolute Gasteiger partial charge is 0.0991 e. The standard InChI is InChI=1S/C9H8N2S/c10-5-8-1-3-9(4-2-8)6-11-7-12/h1-4,7H,6H2,(H,11,12). The molecule has 0 aliphatic heterocycles. The third-order valence-corrected chi connectivity index (χ3v) is 1.64. The van der Waals surface area contributed by atoms with Crippen LogP contribution in [0.1, 0.15) is 11.1 Å². The summed E-state index contributed by atoms with van der Waals surface area (Å²) in [6, 6.07) is 9.46. The summed E-state index contributed by atoms with van der Waals surface area (Å²) in [5.41, 5.74) is 3.29. The average Bonchev–Trinajstić information content (AvgIpc) is 2.15. The Morgan fingerprint density at radius 2 is 2.08 bits per heavy atom. The first-order chi connectivity index (χ1) is 5.86. The van der Waals surface area contributed by atoms with E-state index in [9.17, 15) is 0 Å². The zero-order valence-electron chi connectivity index (χ0n) is 6.45. The van der Waals surface area contributed by atoms with Gasteiger partial charge in [0.2, 0.25) is 0 Å². The van der Waals surface area contributed by atoms with E-state index in [0.29, 0.717) is 5.56 Å². The summed E-state index contributed by atoms with van der Waals surface area (Å²) in [6.45, 7) is 0.717. The number of nitriles is 1. The molecule has 0 aliphatic rings. The summed E-state index contributed by atoms with van der Waals surface area (Å²) >= 11 is 4.61. The first-order valence-electron chi connectivity index (χ1n) is 3.53. The molecule has 0 saturated carbocycles. The van der Waals surface area contributed by atoms with Crippen LogP contribution in [0.2, 0.25) is 0 Å². The third-order valence-electron chi connectivity index (χ3n) is 1.47. The Bertz CT molecular complexity index is 297. The molecular formula is C9H8N2S. The van der Waals surface area contributed by atoms with Crippen LogP contribution in [-0.4, -0.2) is 5.49 Å². The molecule has 0 saturated heterocycles. The van der Waals surface area contributed by atoms with Crippen molar-refractivity contribution in [3.8, 4) is 6.07 Å². The molecule has 0 unspecified atom stereocenters. The topological polar surface area (TPSA) is 35.8 Å². The molecule has 12 heavy (non-hydrogen) atoms. The van der Waals surface area contributed by atoms with Gasteiger partial charge in [-0.15, -0.1) is 0 Å². The molecule has 0 spiro atoms. The quantitative estimate of drug-likeness (QED) is 0.711. The van der Waals surface area contributed by atoms with E-state index in [-0.39, 0.29) is 0 Å². The van der Waals surface area contributed by atoms with Gasteiger partial charge in [0, 0.05) is 6.54 Å². The van der Waals surface area contributed by atoms with Crippen LogP contribution in [0, 0.1) is 11.3 Å². The molecular weight excluding hydrogens is 168 g/mol. The van der Waals surface area contributed by atoms with Crippen molar-refractivity contribution in [1.82, 2.24) is 5.32 Å². The van der Waals surface area contributed by atoms with Crippen molar-refractivity contribution in [1.29, 1.82) is 5.26 Å². The van der Waals surface area contributed by atoms with E-state index in [0.717, 1.165) is 12.1 Å². The second-order valence-electron chi connectivity index (χ2n) is 2.31. The second-order valence-corrected chi connectivity index (χ2v) is 2.54. The zero-order valence-corrected chi connectivity index (χ0v) is 7.27. The van der Waals surface area contributed by atoms with Crippen molar-refractivity contribution in [2.75, 3.05) is 0 Å². The van der Waals surface area contributed by atoms with E-state index in [2.05, 4.69) is 23.6 Å². The third kappa shape index (κ3) is 2.33. The molecule has 0 fully saturated rings. The minimum atomic E-state index is 0.682. The first kappa shape index (κ1) is 8.69. The first-order valence-corrected chi connectivity index (χ1v) is 4.00. The van der Waals surface area contributed by atoms with Gasteiger partial charge in [0.05, 0.1) is 17.1 Å². The minimum absolute atomic E-state index is 0.682. The van der Waals surface area contributed by atoms with Crippen molar-refractivity contribution >= 4 is 17.7 Å². The molecule has 1 aromatic rings. The molecule has 0 heterocycles. The maximum atomic E-state index is 8.52. The van der Waals surface area contributed by atoms with Crippen molar-refractivity contribution in [2.45, 2.75) is 6.54 Å². The summed E-state index contributed by atoms with van der Waals surface area (Å²) in [4.78, 5) is 0. The van der Waals surface area contributed by atoms with Crippen LogP contribution in [-0.2, 0) is 6.54 Å². The van der Waals surface area contributed by atoms with Gasteiger partial charge in [0.25, 0.3) is 0 Å². The zero-order chi connectivity index (χ0) is 8.81. The number of thiocarbonyl (C=S) groups is 1. The highest BCUT2D eigenvalue weighted by Crippen LogP contribution is 2.02. The Labute approximate surface area is 76.8 Å². The summed E-state index contributed by atoms with van der Waals surface area (Å²) < 4.78 is 0. The maximum Gasteiger partial charge on any atom is 0.0991 e. The van der Waals surface area contributed by atoms with Gasteiger partial charge < -0.3 is 5.32 Å². The van der Waals surface area contributed by atoms with E-state index >= 15 is 0 Å². The molecule has 0 aromatic heterocycles. The Balaban J connectivity index is 2.66. The summed E-state index contributed by atoms with van der Waals surface area (Å²) in [6.07, 6.45) is 0. The van der Waals surface area contributed by atoms with Gasteiger partial charge in [-0.05, 0) is 17.7 Å². The van der Waals surface area contributed by atoms with Crippen LogP contribution >= 0.6 is 12.2 Å². The van der Waals surface area contributed by atoms with Crippen LogP contribution < -0.4 is 5.32 Å². The van der Waals surface area contributed by atoms with E-state index in [1.54, 1.807) is 12.1 Å². The molecule has 3 heteroatoms. The SMILES string of the molecule is N#Cc1ccc(CNC=S)cc1. The van der Waals surface area contributed by atoms with Gasteiger partial charge in [-0.25, -0.2) is 0 Å². The fourth-order valence-corrected chi connectivity index (χ4v) is 0.940. The Morgan fingerprint density at radius 1 is 1.42 bits per heavy atom. The fraction of sp³-hybridized carbons (Fsp3) is 0.111. The lowest BCUT2D eigenvalue weighted by molar-refractivity contribution is 0.944. The van der Waals surface area contributed by atoms with Crippen molar-refractivity contribution in [3.05, 3.63) is 35.4 Å². The molecule has 0 bridgehead atoms. The molecule has 60 valence electrons. The van der Waals surface area contributed by atoms with Crippen LogP contribution in [0.25, 0.3) is 0 Å². The number of hydrogen-bond acceptors (Lipinski definition) is 2. The summed E-state index contributed by atoms with van der Waals surface area (Å²) in [5.74, 6) is 0. The van der Waals surface area contributed by atoms with Crippen LogP contribution in [0.3, 0.4) is 0 Å². The molecule has 1 aromatic carbocycles. The molecule has 0 atom stereocenters. The van der Waals surface area contributed by atoms with E-state index in [4.69, 9.17) is 5.26 Å². The molecule has 2 nitrogen and oxygen atoms in total.